The molecule has 0 amide bonds. The van der Waals surface area contributed by atoms with Crippen LogP contribution >= 0.6 is 25.3 Å². The number of rotatable bonds is 10. The van der Waals surface area contributed by atoms with Crippen molar-refractivity contribution in [3.05, 3.63) is 0 Å². The molecule has 0 aliphatic heterocycles. The Balaban J connectivity index is 4.14. The predicted octanol–water partition coefficient (Wildman–Crippen LogP) is 3.31. The molecule has 0 aromatic rings. The molecule has 0 unspecified atom stereocenters. The molecule has 0 spiro atoms. The molecule has 0 aromatic heterocycles. The zero-order chi connectivity index (χ0) is 14.9. The Morgan fingerprint density at radius 3 is 2.11 bits per heavy atom. The maximum atomic E-state index is 11.8. The Morgan fingerprint density at radius 1 is 1.16 bits per heavy atom. The van der Waals surface area contributed by atoms with Gasteiger partial charge in [-0.3, -0.25) is 4.79 Å². The molecule has 0 saturated carbocycles. The highest BCUT2D eigenvalue weighted by Crippen LogP contribution is 2.29. The van der Waals surface area contributed by atoms with Gasteiger partial charge in [-0.05, 0) is 33.1 Å². The SMILES string of the molecule is CCO[Si](C)(OCC)OC(=O)CCCC(S)(S)CC. The first-order chi connectivity index (χ1) is 8.78. The van der Waals surface area contributed by atoms with Gasteiger partial charge in [0, 0.05) is 26.2 Å². The van der Waals surface area contributed by atoms with Crippen molar-refractivity contribution >= 4 is 40.0 Å². The van der Waals surface area contributed by atoms with Crippen LogP contribution in [0.2, 0.25) is 6.55 Å². The number of carbonyl (C=O) groups excluding carboxylic acids is 1. The van der Waals surface area contributed by atoms with Crippen LogP contribution in [0.25, 0.3) is 0 Å². The Hall–Kier alpha value is 0.307. The van der Waals surface area contributed by atoms with E-state index in [9.17, 15) is 4.79 Å². The molecular weight excluding hydrogens is 300 g/mol. The first kappa shape index (κ1) is 19.3. The number of carbonyl (C=O) groups is 1. The van der Waals surface area contributed by atoms with Crippen molar-refractivity contribution in [1.82, 2.24) is 0 Å². The van der Waals surface area contributed by atoms with Gasteiger partial charge in [0.05, 0.1) is 4.08 Å². The summed E-state index contributed by atoms with van der Waals surface area (Å²) in [6, 6.07) is 0. The topological polar surface area (TPSA) is 44.8 Å². The summed E-state index contributed by atoms with van der Waals surface area (Å²) in [5, 5.41) is 0. The molecule has 4 nitrogen and oxygen atoms in total. The summed E-state index contributed by atoms with van der Waals surface area (Å²) >= 11 is 8.83. The van der Waals surface area contributed by atoms with Crippen LogP contribution in [-0.2, 0) is 18.1 Å². The highest BCUT2D eigenvalue weighted by atomic mass is 32.2. The van der Waals surface area contributed by atoms with Gasteiger partial charge in [-0.15, -0.1) is 0 Å². The molecule has 0 saturated heterocycles. The van der Waals surface area contributed by atoms with Crippen LogP contribution in [0.1, 0.15) is 46.5 Å². The Labute approximate surface area is 128 Å². The normalized spacial score (nSPS) is 12.5. The Morgan fingerprint density at radius 2 is 1.68 bits per heavy atom. The highest BCUT2D eigenvalue weighted by molar-refractivity contribution is 8.00. The molecule has 0 aromatic carbocycles. The summed E-state index contributed by atoms with van der Waals surface area (Å²) < 4.78 is 16.0. The fourth-order valence-electron chi connectivity index (χ4n) is 1.58. The Kier molecular flexibility index (Phi) is 9.43. The molecule has 0 radical (unpaired) electrons. The van der Waals surface area contributed by atoms with E-state index in [1.54, 1.807) is 6.55 Å². The molecule has 0 rings (SSSR count). The van der Waals surface area contributed by atoms with Crippen molar-refractivity contribution in [2.75, 3.05) is 13.2 Å². The molecule has 0 N–H and O–H groups in total. The van der Waals surface area contributed by atoms with Gasteiger partial charge in [0.15, 0.2) is 0 Å². The molecule has 0 aliphatic carbocycles. The standard InChI is InChI=1S/C12H26O4S2Si/c1-5-12(17,18)10-8-9-11(13)16-19(4,14-6-2)15-7-3/h17-18H,5-10H2,1-4H3. The average molecular weight is 327 g/mol. The van der Waals surface area contributed by atoms with Gasteiger partial charge < -0.3 is 13.3 Å². The minimum atomic E-state index is -2.80. The van der Waals surface area contributed by atoms with E-state index in [1.807, 2.05) is 20.8 Å². The molecule has 19 heavy (non-hydrogen) atoms. The van der Waals surface area contributed by atoms with E-state index in [1.165, 1.54) is 0 Å². The summed E-state index contributed by atoms with van der Waals surface area (Å²) in [7, 11) is -2.80. The quantitative estimate of drug-likeness (QED) is 0.367. The van der Waals surface area contributed by atoms with Gasteiger partial charge in [-0.2, -0.15) is 25.3 Å². The molecule has 0 bridgehead atoms. The lowest BCUT2D eigenvalue weighted by Crippen LogP contribution is -2.44. The minimum absolute atomic E-state index is 0.273. The number of hydrogen-bond acceptors (Lipinski definition) is 6. The lowest BCUT2D eigenvalue weighted by atomic mass is 10.1. The molecular formula is C12H26O4S2Si. The van der Waals surface area contributed by atoms with Crippen LogP contribution in [0, 0.1) is 0 Å². The molecule has 0 heterocycles. The van der Waals surface area contributed by atoms with E-state index in [0.717, 1.165) is 12.8 Å². The summed E-state index contributed by atoms with van der Waals surface area (Å²) in [6.07, 6.45) is 2.64. The van der Waals surface area contributed by atoms with Gasteiger partial charge in [-0.1, -0.05) is 6.92 Å². The fraction of sp³-hybridized carbons (Fsp3) is 0.917. The third-order valence-electron chi connectivity index (χ3n) is 2.64. The average Bonchev–Trinajstić information content (AvgIpc) is 2.28. The predicted molar refractivity (Wildman–Crippen MR) is 85.8 cm³/mol. The molecule has 0 fully saturated rings. The van der Waals surface area contributed by atoms with E-state index in [4.69, 9.17) is 13.3 Å². The smallest absolute Gasteiger partial charge is 0.473 e. The largest absolute Gasteiger partial charge is 0.564 e. The molecule has 0 aliphatic rings. The van der Waals surface area contributed by atoms with Crippen LogP contribution in [0.5, 0.6) is 0 Å². The van der Waals surface area contributed by atoms with Gasteiger partial charge in [0.25, 0.3) is 5.97 Å². The van der Waals surface area contributed by atoms with E-state index in [2.05, 4.69) is 25.3 Å². The number of thiol groups is 2. The van der Waals surface area contributed by atoms with Crippen molar-refractivity contribution < 1.29 is 18.1 Å². The number of hydrogen-bond donors (Lipinski definition) is 2. The van der Waals surface area contributed by atoms with E-state index >= 15 is 0 Å². The van der Waals surface area contributed by atoms with Crippen molar-refractivity contribution in [2.45, 2.75) is 57.1 Å². The summed E-state index contributed by atoms with van der Waals surface area (Å²) in [4.78, 5) is 11.8. The monoisotopic (exact) mass is 326 g/mol. The fourth-order valence-corrected chi connectivity index (χ4v) is 3.66. The van der Waals surface area contributed by atoms with Crippen molar-refractivity contribution in [1.29, 1.82) is 0 Å². The zero-order valence-electron chi connectivity index (χ0n) is 12.3. The van der Waals surface area contributed by atoms with Crippen LogP contribution < -0.4 is 0 Å². The minimum Gasteiger partial charge on any atom is -0.473 e. The van der Waals surface area contributed by atoms with Crippen molar-refractivity contribution in [3.63, 3.8) is 0 Å². The second kappa shape index (κ2) is 9.28. The second-order valence-electron chi connectivity index (χ2n) is 4.39. The van der Waals surface area contributed by atoms with Crippen LogP contribution in [-0.4, -0.2) is 32.1 Å². The third-order valence-corrected chi connectivity index (χ3v) is 5.94. The molecule has 114 valence electrons. The maximum Gasteiger partial charge on any atom is 0.564 e. The third kappa shape index (κ3) is 8.96. The lowest BCUT2D eigenvalue weighted by molar-refractivity contribution is -0.139. The van der Waals surface area contributed by atoms with Crippen LogP contribution in [0.15, 0.2) is 0 Å². The van der Waals surface area contributed by atoms with Crippen molar-refractivity contribution in [2.24, 2.45) is 0 Å². The molecule has 0 atom stereocenters. The van der Waals surface area contributed by atoms with Crippen molar-refractivity contribution in [3.8, 4) is 0 Å². The Bertz CT molecular complexity index is 268. The van der Waals surface area contributed by atoms with Gasteiger partial charge in [0.1, 0.15) is 0 Å². The van der Waals surface area contributed by atoms with Gasteiger partial charge in [0.2, 0.25) is 0 Å². The molecule has 7 heteroatoms. The van der Waals surface area contributed by atoms with E-state index in [-0.39, 0.29) is 10.0 Å². The first-order valence-corrected chi connectivity index (χ1v) is 9.85. The first-order valence-electron chi connectivity index (χ1n) is 6.73. The van der Waals surface area contributed by atoms with E-state index < -0.39 is 8.80 Å². The summed E-state index contributed by atoms with van der Waals surface area (Å²) in [5.41, 5.74) is 0. The van der Waals surface area contributed by atoms with Crippen LogP contribution in [0.4, 0.5) is 0 Å². The lowest BCUT2D eigenvalue weighted by Gasteiger charge is -2.25. The maximum absolute atomic E-state index is 11.8. The van der Waals surface area contributed by atoms with Gasteiger partial charge in [-0.25, -0.2) is 0 Å². The summed E-state index contributed by atoms with van der Waals surface area (Å²) in [5.74, 6) is -0.273. The zero-order valence-corrected chi connectivity index (χ0v) is 15.1. The van der Waals surface area contributed by atoms with Crippen LogP contribution in [0.3, 0.4) is 0 Å². The second-order valence-corrected chi connectivity index (χ2v) is 8.96. The van der Waals surface area contributed by atoms with Gasteiger partial charge >= 0.3 is 8.80 Å². The highest BCUT2D eigenvalue weighted by Gasteiger charge is 2.38. The van der Waals surface area contributed by atoms with E-state index in [0.29, 0.717) is 26.1 Å². The summed E-state index contributed by atoms with van der Waals surface area (Å²) in [6.45, 7) is 8.42.